The van der Waals surface area contributed by atoms with Crippen LogP contribution in [-0.4, -0.2) is 49.2 Å². The zero-order chi connectivity index (χ0) is 15.7. The predicted octanol–water partition coefficient (Wildman–Crippen LogP) is 2.00. The molecule has 0 aliphatic carbocycles. The van der Waals surface area contributed by atoms with Gasteiger partial charge in [-0.2, -0.15) is 0 Å². The molecule has 0 heterocycles. The van der Waals surface area contributed by atoms with E-state index in [-0.39, 0.29) is 13.0 Å². The minimum Gasteiger partial charge on any atom is -0.481 e. The molecule has 118 valence electrons. The number of aliphatic hydroxyl groups excluding tert-OH is 1. The topological polar surface area (TPSA) is 76.0 Å². The van der Waals surface area contributed by atoms with Gasteiger partial charge < -0.3 is 19.7 Å². The number of methoxy groups -OCH3 is 1. The second-order valence-electron chi connectivity index (χ2n) is 4.83. The highest BCUT2D eigenvalue weighted by molar-refractivity contribution is 6.30. The summed E-state index contributed by atoms with van der Waals surface area (Å²) < 4.78 is 10.0. The SMILES string of the molecule is COCCOCC(O)CC(Cc1cccc(Cl)c1)C(=O)O. The molecule has 0 aliphatic heterocycles. The van der Waals surface area contributed by atoms with Crippen molar-refractivity contribution in [2.75, 3.05) is 26.9 Å². The summed E-state index contributed by atoms with van der Waals surface area (Å²) in [5, 5.41) is 19.7. The Labute approximate surface area is 129 Å². The summed E-state index contributed by atoms with van der Waals surface area (Å²) in [6.07, 6.45) is -0.359. The normalized spacial score (nSPS) is 13.9. The lowest BCUT2D eigenvalue weighted by Crippen LogP contribution is -2.26. The first-order valence-electron chi connectivity index (χ1n) is 6.75. The van der Waals surface area contributed by atoms with Crippen molar-refractivity contribution in [3.05, 3.63) is 34.9 Å². The van der Waals surface area contributed by atoms with Crippen LogP contribution in [0.2, 0.25) is 5.02 Å². The largest absolute Gasteiger partial charge is 0.481 e. The molecule has 0 aliphatic rings. The van der Waals surface area contributed by atoms with Gasteiger partial charge in [0, 0.05) is 12.1 Å². The van der Waals surface area contributed by atoms with Crippen LogP contribution in [0, 0.1) is 5.92 Å². The molecule has 21 heavy (non-hydrogen) atoms. The maximum atomic E-state index is 11.3. The number of aliphatic carboxylic acids is 1. The van der Waals surface area contributed by atoms with Gasteiger partial charge in [0.2, 0.25) is 0 Å². The van der Waals surface area contributed by atoms with Crippen LogP contribution < -0.4 is 0 Å². The lowest BCUT2D eigenvalue weighted by Gasteiger charge is -2.17. The van der Waals surface area contributed by atoms with E-state index in [4.69, 9.17) is 21.1 Å². The minimum atomic E-state index is -0.939. The van der Waals surface area contributed by atoms with E-state index in [0.717, 1.165) is 5.56 Å². The van der Waals surface area contributed by atoms with E-state index in [1.54, 1.807) is 25.3 Å². The number of benzene rings is 1. The van der Waals surface area contributed by atoms with E-state index in [0.29, 0.717) is 24.7 Å². The Morgan fingerprint density at radius 3 is 2.76 bits per heavy atom. The predicted molar refractivity (Wildman–Crippen MR) is 79.6 cm³/mol. The lowest BCUT2D eigenvalue weighted by atomic mass is 9.94. The molecule has 2 N–H and O–H groups in total. The van der Waals surface area contributed by atoms with Crippen LogP contribution in [0.5, 0.6) is 0 Å². The van der Waals surface area contributed by atoms with Gasteiger partial charge in [-0.3, -0.25) is 4.79 Å². The maximum Gasteiger partial charge on any atom is 0.306 e. The molecule has 2 unspecified atom stereocenters. The highest BCUT2D eigenvalue weighted by atomic mass is 35.5. The summed E-state index contributed by atoms with van der Waals surface area (Å²) in [7, 11) is 1.56. The number of ether oxygens (including phenoxy) is 2. The fourth-order valence-electron chi connectivity index (χ4n) is 1.98. The van der Waals surface area contributed by atoms with E-state index in [1.165, 1.54) is 0 Å². The third-order valence-electron chi connectivity index (χ3n) is 3.02. The van der Waals surface area contributed by atoms with Gasteiger partial charge in [-0.25, -0.2) is 0 Å². The lowest BCUT2D eigenvalue weighted by molar-refractivity contribution is -0.143. The van der Waals surface area contributed by atoms with Gasteiger partial charge in [0.05, 0.1) is 31.8 Å². The molecule has 0 amide bonds. The van der Waals surface area contributed by atoms with Crippen molar-refractivity contribution >= 4 is 17.6 Å². The molecule has 1 aromatic carbocycles. The number of hydrogen-bond acceptors (Lipinski definition) is 4. The van der Waals surface area contributed by atoms with E-state index in [1.807, 2.05) is 6.07 Å². The van der Waals surface area contributed by atoms with Crippen molar-refractivity contribution < 1.29 is 24.5 Å². The van der Waals surface area contributed by atoms with E-state index < -0.39 is 18.0 Å². The molecular formula is C15H21ClO5. The standard InChI is InChI=1S/C15H21ClO5/c1-20-5-6-21-10-14(17)9-12(15(18)19)7-11-3-2-4-13(16)8-11/h2-4,8,12,14,17H,5-7,9-10H2,1H3,(H,18,19). The number of carbonyl (C=O) groups is 1. The van der Waals surface area contributed by atoms with Crippen molar-refractivity contribution in [1.29, 1.82) is 0 Å². The molecule has 1 aromatic rings. The van der Waals surface area contributed by atoms with Crippen LogP contribution in [0.4, 0.5) is 0 Å². The Morgan fingerprint density at radius 1 is 1.38 bits per heavy atom. The molecule has 0 spiro atoms. The molecule has 1 rings (SSSR count). The summed E-state index contributed by atoms with van der Waals surface area (Å²) in [4.78, 5) is 11.3. The molecule has 0 saturated carbocycles. The molecular weight excluding hydrogens is 296 g/mol. The van der Waals surface area contributed by atoms with Crippen molar-refractivity contribution in [2.45, 2.75) is 18.9 Å². The first-order chi connectivity index (χ1) is 10.0. The molecule has 0 bridgehead atoms. The van der Waals surface area contributed by atoms with Crippen LogP contribution in [0.15, 0.2) is 24.3 Å². The van der Waals surface area contributed by atoms with Crippen LogP contribution in [-0.2, 0) is 20.7 Å². The summed E-state index contributed by atoms with van der Waals surface area (Å²) in [6.45, 7) is 0.917. The Morgan fingerprint density at radius 2 is 2.14 bits per heavy atom. The number of hydrogen-bond donors (Lipinski definition) is 2. The Hall–Kier alpha value is -1.14. The monoisotopic (exact) mass is 316 g/mol. The number of rotatable bonds is 10. The summed E-state index contributed by atoms with van der Waals surface area (Å²) in [6, 6.07) is 7.07. The smallest absolute Gasteiger partial charge is 0.306 e. The van der Waals surface area contributed by atoms with Crippen LogP contribution in [0.25, 0.3) is 0 Å². The van der Waals surface area contributed by atoms with Crippen LogP contribution >= 0.6 is 11.6 Å². The van der Waals surface area contributed by atoms with Crippen molar-refractivity contribution in [3.63, 3.8) is 0 Å². The first-order valence-corrected chi connectivity index (χ1v) is 7.12. The molecule has 0 radical (unpaired) electrons. The van der Waals surface area contributed by atoms with Gasteiger partial charge in [0.1, 0.15) is 0 Å². The molecule has 2 atom stereocenters. The Balaban J connectivity index is 2.48. The average molecular weight is 317 g/mol. The second kappa shape index (κ2) is 9.73. The number of aliphatic hydroxyl groups is 1. The quantitative estimate of drug-likeness (QED) is 0.646. The van der Waals surface area contributed by atoms with Crippen molar-refractivity contribution in [3.8, 4) is 0 Å². The van der Waals surface area contributed by atoms with E-state index in [9.17, 15) is 15.0 Å². The maximum absolute atomic E-state index is 11.3. The van der Waals surface area contributed by atoms with Crippen LogP contribution in [0.1, 0.15) is 12.0 Å². The number of carboxylic acid groups (broad SMARTS) is 1. The third kappa shape index (κ3) is 7.43. The minimum absolute atomic E-state index is 0.0999. The van der Waals surface area contributed by atoms with E-state index in [2.05, 4.69) is 0 Å². The summed E-state index contributed by atoms with van der Waals surface area (Å²) in [5.41, 5.74) is 0.836. The molecule has 0 aromatic heterocycles. The molecule has 6 heteroatoms. The molecule has 0 fully saturated rings. The van der Waals surface area contributed by atoms with Gasteiger partial charge in [-0.05, 0) is 30.5 Å². The fraction of sp³-hybridized carbons (Fsp3) is 0.533. The van der Waals surface area contributed by atoms with Gasteiger partial charge in [0.15, 0.2) is 0 Å². The van der Waals surface area contributed by atoms with Gasteiger partial charge in [-0.15, -0.1) is 0 Å². The first kappa shape index (κ1) is 17.9. The fourth-order valence-corrected chi connectivity index (χ4v) is 2.19. The summed E-state index contributed by atoms with van der Waals surface area (Å²) >= 11 is 5.88. The zero-order valence-electron chi connectivity index (χ0n) is 12.0. The third-order valence-corrected chi connectivity index (χ3v) is 3.25. The van der Waals surface area contributed by atoms with E-state index >= 15 is 0 Å². The average Bonchev–Trinajstić information content (AvgIpc) is 2.43. The Bertz CT molecular complexity index is 438. The van der Waals surface area contributed by atoms with Gasteiger partial charge in [0.25, 0.3) is 0 Å². The Kier molecular flexibility index (Phi) is 8.30. The zero-order valence-corrected chi connectivity index (χ0v) is 12.8. The van der Waals surface area contributed by atoms with Crippen molar-refractivity contribution in [2.24, 2.45) is 5.92 Å². The molecule has 0 saturated heterocycles. The summed E-state index contributed by atoms with van der Waals surface area (Å²) in [5.74, 6) is -1.62. The number of halogens is 1. The van der Waals surface area contributed by atoms with Gasteiger partial charge >= 0.3 is 5.97 Å². The second-order valence-corrected chi connectivity index (χ2v) is 5.26. The highest BCUT2D eigenvalue weighted by Crippen LogP contribution is 2.18. The van der Waals surface area contributed by atoms with Gasteiger partial charge in [-0.1, -0.05) is 23.7 Å². The van der Waals surface area contributed by atoms with Crippen LogP contribution in [0.3, 0.4) is 0 Å². The molecule has 5 nitrogen and oxygen atoms in total. The number of carboxylic acids is 1. The van der Waals surface area contributed by atoms with Crippen molar-refractivity contribution in [1.82, 2.24) is 0 Å². The highest BCUT2D eigenvalue weighted by Gasteiger charge is 2.22.